The van der Waals surface area contributed by atoms with Crippen molar-refractivity contribution in [3.05, 3.63) is 17.5 Å². The number of aliphatic hydroxyl groups excluding tert-OH is 1. The van der Waals surface area contributed by atoms with Gasteiger partial charge in [-0.15, -0.1) is 0 Å². The lowest BCUT2D eigenvalue weighted by atomic mass is 9.89. The van der Waals surface area contributed by atoms with E-state index < -0.39 is 0 Å². The molecule has 1 aliphatic rings. The predicted octanol–water partition coefficient (Wildman–Crippen LogP) is 1.51. The number of nitrogens with zero attached hydrogens (tertiary/aromatic N) is 3. The molecule has 1 aliphatic heterocycles. The van der Waals surface area contributed by atoms with Crippen molar-refractivity contribution in [1.82, 2.24) is 15.0 Å². The summed E-state index contributed by atoms with van der Waals surface area (Å²) in [5.41, 5.74) is 0.890. The first-order chi connectivity index (χ1) is 9.34. The third kappa shape index (κ3) is 4.30. The molecule has 0 amide bonds. The van der Waals surface area contributed by atoms with E-state index in [4.69, 9.17) is 4.52 Å². The average molecular weight is 281 g/mol. The first kappa shape index (κ1) is 15.5. The van der Waals surface area contributed by atoms with Crippen LogP contribution in [0.15, 0.2) is 10.6 Å². The highest BCUT2D eigenvalue weighted by Gasteiger charge is 2.26. The van der Waals surface area contributed by atoms with Crippen LogP contribution in [0.4, 0.5) is 0 Å². The predicted molar refractivity (Wildman–Crippen MR) is 78.4 cm³/mol. The fourth-order valence-corrected chi connectivity index (χ4v) is 2.36. The lowest BCUT2D eigenvalue weighted by Crippen LogP contribution is -2.49. The Morgan fingerprint density at radius 2 is 1.85 bits per heavy atom. The van der Waals surface area contributed by atoms with Gasteiger partial charge in [-0.05, 0) is 12.3 Å². The van der Waals surface area contributed by atoms with Gasteiger partial charge in [0.1, 0.15) is 0 Å². The highest BCUT2D eigenvalue weighted by atomic mass is 16.5. The van der Waals surface area contributed by atoms with Gasteiger partial charge in [0.15, 0.2) is 5.76 Å². The van der Waals surface area contributed by atoms with Crippen LogP contribution < -0.4 is 0 Å². The van der Waals surface area contributed by atoms with Crippen molar-refractivity contribution in [2.75, 3.05) is 32.7 Å². The number of aliphatic hydroxyl groups is 1. The molecule has 0 aromatic carbocycles. The molecule has 1 aromatic rings. The Morgan fingerprint density at radius 1 is 1.25 bits per heavy atom. The first-order valence-corrected chi connectivity index (χ1v) is 7.39. The molecule has 5 nitrogen and oxygen atoms in total. The van der Waals surface area contributed by atoms with Gasteiger partial charge in [-0.25, -0.2) is 0 Å². The van der Waals surface area contributed by atoms with E-state index in [1.807, 2.05) is 13.0 Å². The minimum atomic E-state index is -0.272. The minimum absolute atomic E-state index is 0.0471. The molecule has 2 rings (SSSR count). The Kier molecular flexibility index (Phi) is 4.83. The largest absolute Gasteiger partial charge is 0.391 e. The summed E-state index contributed by atoms with van der Waals surface area (Å²) >= 11 is 0. The fraction of sp³-hybridized carbons (Fsp3) is 0.800. The highest BCUT2D eigenvalue weighted by molar-refractivity contribution is 5.03. The number of hydrogen-bond donors (Lipinski definition) is 1. The van der Waals surface area contributed by atoms with Crippen molar-refractivity contribution >= 4 is 0 Å². The third-order valence-electron chi connectivity index (χ3n) is 3.95. The van der Waals surface area contributed by atoms with Gasteiger partial charge in [-0.2, -0.15) is 0 Å². The van der Waals surface area contributed by atoms with Gasteiger partial charge in [-0.1, -0.05) is 25.9 Å². The second kappa shape index (κ2) is 6.24. The third-order valence-corrected chi connectivity index (χ3v) is 3.95. The lowest BCUT2D eigenvalue weighted by molar-refractivity contribution is 0.0117. The molecular weight excluding hydrogens is 254 g/mol. The maximum absolute atomic E-state index is 10.2. The van der Waals surface area contributed by atoms with Crippen molar-refractivity contribution in [2.24, 2.45) is 5.41 Å². The molecule has 5 heteroatoms. The molecule has 0 spiro atoms. The van der Waals surface area contributed by atoms with Crippen LogP contribution in [-0.4, -0.2) is 58.9 Å². The summed E-state index contributed by atoms with van der Waals surface area (Å²) in [5, 5.41) is 14.1. The summed E-state index contributed by atoms with van der Waals surface area (Å²) < 4.78 is 5.26. The molecule has 20 heavy (non-hydrogen) atoms. The van der Waals surface area contributed by atoms with E-state index >= 15 is 0 Å². The average Bonchev–Trinajstić information content (AvgIpc) is 2.76. The van der Waals surface area contributed by atoms with Gasteiger partial charge in [0.2, 0.25) is 0 Å². The van der Waals surface area contributed by atoms with E-state index in [2.05, 4.69) is 35.7 Å². The Hall–Kier alpha value is -0.910. The van der Waals surface area contributed by atoms with Gasteiger partial charge in [0.25, 0.3) is 0 Å². The Morgan fingerprint density at radius 3 is 2.35 bits per heavy atom. The van der Waals surface area contributed by atoms with Gasteiger partial charge in [-0.3, -0.25) is 9.80 Å². The monoisotopic (exact) mass is 281 g/mol. The summed E-state index contributed by atoms with van der Waals surface area (Å²) in [6.45, 7) is 13.8. The standard InChI is InChI=1S/C15H27N3O2/c1-12-9-13(20-16-12)10-17-5-7-18(8-6-17)11-14(19)15(2,3)4/h9,14,19H,5-8,10-11H2,1-4H3/t14-/m0/s1. The second-order valence-electron chi connectivity index (χ2n) is 6.89. The van der Waals surface area contributed by atoms with Gasteiger partial charge < -0.3 is 9.63 Å². The van der Waals surface area contributed by atoms with E-state index in [9.17, 15) is 5.11 Å². The Balaban J connectivity index is 1.75. The molecular formula is C15H27N3O2. The minimum Gasteiger partial charge on any atom is -0.391 e. The number of rotatable bonds is 4. The Bertz CT molecular complexity index is 417. The van der Waals surface area contributed by atoms with Crippen LogP contribution in [-0.2, 0) is 6.54 Å². The van der Waals surface area contributed by atoms with Gasteiger partial charge in [0, 0.05) is 38.8 Å². The SMILES string of the molecule is Cc1cc(CN2CCN(C[C@H](O)C(C)(C)C)CC2)on1. The summed E-state index contributed by atoms with van der Waals surface area (Å²) in [7, 11) is 0. The molecule has 2 heterocycles. The molecule has 0 bridgehead atoms. The second-order valence-corrected chi connectivity index (χ2v) is 6.89. The summed E-state index contributed by atoms with van der Waals surface area (Å²) in [4.78, 5) is 4.72. The molecule has 1 saturated heterocycles. The molecule has 114 valence electrons. The Labute approximate surface area is 121 Å². The molecule has 0 radical (unpaired) electrons. The van der Waals surface area contributed by atoms with Crippen molar-refractivity contribution in [3.63, 3.8) is 0 Å². The normalized spacial score (nSPS) is 20.2. The lowest BCUT2D eigenvalue weighted by Gasteiger charge is -2.37. The molecule has 0 aliphatic carbocycles. The van der Waals surface area contributed by atoms with Crippen LogP contribution in [0, 0.1) is 12.3 Å². The highest BCUT2D eigenvalue weighted by Crippen LogP contribution is 2.20. The first-order valence-electron chi connectivity index (χ1n) is 7.39. The van der Waals surface area contributed by atoms with Crippen LogP contribution in [0.25, 0.3) is 0 Å². The number of piperazine rings is 1. The van der Waals surface area contributed by atoms with E-state index in [1.54, 1.807) is 0 Å². The summed E-state index contributed by atoms with van der Waals surface area (Å²) in [5.74, 6) is 0.936. The van der Waals surface area contributed by atoms with E-state index in [0.29, 0.717) is 0 Å². The van der Waals surface area contributed by atoms with Crippen molar-refractivity contribution in [3.8, 4) is 0 Å². The summed E-state index contributed by atoms with van der Waals surface area (Å²) in [6.07, 6.45) is -0.272. The van der Waals surface area contributed by atoms with Crippen LogP contribution in [0.5, 0.6) is 0 Å². The summed E-state index contributed by atoms with van der Waals surface area (Å²) in [6, 6.07) is 2.00. The topological polar surface area (TPSA) is 52.7 Å². The number of β-amino-alcohol motifs (C(OH)–C–C–N with tert-alkyl or cyclic N) is 1. The molecule has 1 atom stereocenters. The molecule has 0 saturated carbocycles. The zero-order chi connectivity index (χ0) is 14.8. The fourth-order valence-electron chi connectivity index (χ4n) is 2.36. The van der Waals surface area contributed by atoms with Crippen molar-refractivity contribution in [2.45, 2.75) is 40.3 Å². The maximum atomic E-state index is 10.2. The van der Waals surface area contributed by atoms with Crippen molar-refractivity contribution < 1.29 is 9.63 Å². The van der Waals surface area contributed by atoms with Crippen LogP contribution in [0.1, 0.15) is 32.2 Å². The zero-order valence-electron chi connectivity index (χ0n) is 13.1. The van der Waals surface area contributed by atoms with E-state index in [-0.39, 0.29) is 11.5 Å². The van der Waals surface area contributed by atoms with Crippen LogP contribution >= 0.6 is 0 Å². The maximum Gasteiger partial charge on any atom is 0.150 e. The van der Waals surface area contributed by atoms with Crippen molar-refractivity contribution in [1.29, 1.82) is 0 Å². The molecule has 1 aromatic heterocycles. The van der Waals surface area contributed by atoms with Crippen LogP contribution in [0.3, 0.4) is 0 Å². The number of aromatic nitrogens is 1. The quantitative estimate of drug-likeness (QED) is 0.906. The smallest absolute Gasteiger partial charge is 0.150 e. The van der Waals surface area contributed by atoms with Gasteiger partial charge >= 0.3 is 0 Å². The van der Waals surface area contributed by atoms with Gasteiger partial charge in [0.05, 0.1) is 18.3 Å². The molecule has 1 N–H and O–H groups in total. The van der Waals surface area contributed by atoms with E-state index in [0.717, 1.165) is 50.7 Å². The number of aryl methyl sites for hydroxylation is 1. The molecule has 1 fully saturated rings. The number of hydrogen-bond acceptors (Lipinski definition) is 5. The van der Waals surface area contributed by atoms with E-state index in [1.165, 1.54) is 0 Å². The molecule has 0 unspecified atom stereocenters. The van der Waals surface area contributed by atoms with Crippen LogP contribution in [0.2, 0.25) is 0 Å². The zero-order valence-corrected chi connectivity index (χ0v) is 13.1.